The van der Waals surface area contributed by atoms with Crippen LogP contribution in [0.1, 0.15) is 11.3 Å². The molecule has 0 unspecified atom stereocenters. The molecule has 2 nitrogen and oxygen atoms in total. The average molecular weight is 223 g/mol. The molecular formula is C15H13NO. The zero-order chi connectivity index (χ0) is 11.8. The molecule has 0 radical (unpaired) electrons. The second kappa shape index (κ2) is 3.74. The van der Waals surface area contributed by atoms with Crippen LogP contribution in [-0.2, 0) is 0 Å². The van der Waals surface area contributed by atoms with Crippen molar-refractivity contribution in [2.45, 2.75) is 13.8 Å². The molecule has 0 aliphatic heterocycles. The van der Waals surface area contributed by atoms with Crippen LogP contribution in [0.5, 0.6) is 0 Å². The summed E-state index contributed by atoms with van der Waals surface area (Å²) in [6, 6.07) is 12.5. The Labute approximate surface area is 99.9 Å². The molecule has 0 aliphatic rings. The molecule has 0 amide bonds. The van der Waals surface area contributed by atoms with Crippen molar-refractivity contribution in [3.8, 4) is 11.5 Å². The number of hydrogen-bond acceptors (Lipinski definition) is 2. The topological polar surface area (TPSA) is 26.0 Å². The highest BCUT2D eigenvalue weighted by Gasteiger charge is 2.09. The Morgan fingerprint density at radius 2 is 1.71 bits per heavy atom. The monoisotopic (exact) mass is 223 g/mol. The van der Waals surface area contributed by atoms with E-state index in [1.807, 2.05) is 13.0 Å². The molecular weight excluding hydrogens is 210 g/mol. The minimum Gasteiger partial charge on any atom is -0.441 e. The summed E-state index contributed by atoms with van der Waals surface area (Å²) in [5.74, 6) is 1.53. The number of oxazole rings is 1. The molecule has 3 rings (SSSR count). The third kappa shape index (κ3) is 1.62. The number of nitrogens with zero attached hydrogens (tertiary/aromatic N) is 1. The van der Waals surface area contributed by atoms with E-state index in [-0.39, 0.29) is 0 Å². The summed E-state index contributed by atoms with van der Waals surface area (Å²) < 4.78 is 5.61. The van der Waals surface area contributed by atoms with Crippen molar-refractivity contribution in [2.75, 3.05) is 0 Å². The number of aryl methyl sites for hydroxylation is 2. The first-order valence-electron chi connectivity index (χ1n) is 5.67. The van der Waals surface area contributed by atoms with Crippen molar-refractivity contribution in [3.63, 3.8) is 0 Å². The fourth-order valence-corrected chi connectivity index (χ4v) is 2.12. The lowest BCUT2D eigenvalue weighted by Gasteiger charge is -2.05. The molecule has 0 bridgehead atoms. The summed E-state index contributed by atoms with van der Waals surface area (Å²) in [5, 5.41) is 2.44. The molecule has 17 heavy (non-hydrogen) atoms. The number of hydrogen-bond donors (Lipinski definition) is 0. The van der Waals surface area contributed by atoms with Gasteiger partial charge in [0, 0.05) is 5.56 Å². The maximum Gasteiger partial charge on any atom is 0.226 e. The zero-order valence-electron chi connectivity index (χ0n) is 9.90. The van der Waals surface area contributed by atoms with Crippen LogP contribution in [0.2, 0.25) is 0 Å². The quantitative estimate of drug-likeness (QED) is 0.620. The lowest BCUT2D eigenvalue weighted by molar-refractivity contribution is 0.543. The summed E-state index contributed by atoms with van der Waals surface area (Å²) in [5.41, 5.74) is 2.33. The highest BCUT2D eigenvalue weighted by Crippen LogP contribution is 2.29. The summed E-state index contributed by atoms with van der Waals surface area (Å²) in [6.45, 7) is 4.03. The van der Waals surface area contributed by atoms with Gasteiger partial charge in [-0.2, -0.15) is 0 Å². The van der Waals surface area contributed by atoms with E-state index >= 15 is 0 Å². The van der Waals surface area contributed by atoms with Gasteiger partial charge in [-0.3, -0.25) is 0 Å². The van der Waals surface area contributed by atoms with Gasteiger partial charge in [0.2, 0.25) is 5.89 Å². The van der Waals surface area contributed by atoms with Crippen molar-refractivity contribution in [1.82, 2.24) is 4.98 Å². The lowest BCUT2D eigenvalue weighted by atomic mass is 10.0. The first kappa shape index (κ1) is 10.1. The standard InChI is InChI=1S/C15H13NO/c1-10-7-8-14(15-16-9-11(2)17-15)13-6-4-3-5-12(10)13/h3-9H,1-2H3. The van der Waals surface area contributed by atoms with Crippen molar-refractivity contribution in [3.05, 3.63) is 53.9 Å². The Morgan fingerprint density at radius 1 is 0.941 bits per heavy atom. The van der Waals surface area contributed by atoms with Crippen molar-refractivity contribution < 1.29 is 4.42 Å². The molecule has 84 valence electrons. The first-order valence-corrected chi connectivity index (χ1v) is 5.67. The summed E-state index contributed by atoms with van der Waals surface area (Å²) in [6.07, 6.45) is 1.75. The average Bonchev–Trinajstić information content (AvgIpc) is 2.77. The molecule has 0 atom stereocenters. The molecule has 0 N–H and O–H groups in total. The normalized spacial score (nSPS) is 10.9. The van der Waals surface area contributed by atoms with Crippen LogP contribution in [-0.4, -0.2) is 4.98 Å². The van der Waals surface area contributed by atoms with Crippen LogP contribution in [0.3, 0.4) is 0 Å². The van der Waals surface area contributed by atoms with E-state index in [0.717, 1.165) is 11.3 Å². The van der Waals surface area contributed by atoms with Gasteiger partial charge in [0.15, 0.2) is 0 Å². The van der Waals surface area contributed by atoms with E-state index in [2.05, 4.69) is 42.2 Å². The van der Waals surface area contributed by atoms with Crippen LogP contribution in [0, 0.1) is 13.8 Å². The number of aromatic nitrogens is 1. The molecule has 1 aromatic heterocycles. The Balaban J connectivity index is 2.34. The van der Waals surface area contributed by atoms with Crippen molar-refractivity contribution in [1.29, 1.82) is 0 Å². The maximum absolute atomic E-state index is 5.61. The highest BCUT2D eigenvalue weighted by atomic mass is 16.4. The van der Waals surface area contributed by atoms with Crippen LogP contribution < -0.4 is 0 Å². The van der Waals surface area contributed by atoms with E-state index in [9.17, 15) is 0 Å². The van der Waals surface area contributed by atoms with Crippen LogP contribution in [0.4, 0.5) is 0 Å². The number of rotatable bonds is 1. The van der Waals surface area contributed by atoms with E-state index in [1.54, 1.807) is 6.20 Å². The lowest BCUT2D eigenvalue weighted by Crippen LogP contribution is -1.84. The van der Waals surface area contributed by atoms with Crippen molar-refractivity contribution in [2.24, 2.45) is 0 Å². The Kier molecular flexibility index (Phi) is 2.22. The van der Waals surface area contributed by atoms with Crippen LogP contribution in [0.25, 0.3) is 22.2 Å². The second-order valence-corrected chi connectivity index (χ2v) is 4.25. The predicted octanol–water partition coefficient (Wildman–Crippen LogP) is 4.11. The van der Waals surface area contributed by atoms with Crippen LogP contribution in [0.15, 0.2) is 47.0 Å². The minimum atomic E-state index is 0.693. The third-order valence-electron chi connectivity index (χ3n) is 2.99. The molecule has 2 heteroatoms. The smallest absolute Gasteiger partial charge is 0.226 e. The Bertz CT molecular complexity index is 682. The zero-order valence-corrected chi connectivity index (χ0v) is 9.90. The van der Waals surface area contributed by atoms with E-state index < -0.39 is 0 Å². The van der Waals surface area contributed by atoms with Gasteiger partial charge in [-0.15, -0.1) is 0 Å². The van der Waals surface area contributed by atoms with E-state index in [4.69, 9.17) is 4.42 Å². The van der Waals surface area contributed by atoms with Gasteiger partial charge in [-0.25, -0.2) is 4.98 Å². The Hall–Kier alpha value is -2.09. The Morgan fingerprint density at radius 3 is 2.41 bits per heavy atom. The number of benzene rings is 2. The third-order valence-corrected chi connectivity index (χ3v) is 2.99. The second-order valence-electron chi connectivity index (χ2n) is 4.25. The highest BCUT2D eigenvalue weighted by molar-refractivity contribution is 5.96. The van der Waals surface area contributed by atoms with Gasteiger partial charge in [0.25, 0.3) is 0 Å². The molecule has 2 aromatic carbocycles. The van der Waals surface area contributed by atoms with Gasteiger partial charge in [-0.05, 0) is 36.2 Å². The molecule has 0 saturated carbocycles. The van der Waals surface area contributed by atoms with Gasteiger partial charge in [-0.1, -0.05) is 30.3 Å². The van der Waals surface area contributed by atoms with Gasteiger partial charge < -0.3 is 4.42 Å². The molecule has 3 aromatic rings. The fraction of sp³-hybridized carbons (Fsp3) is 0.133. The molecule has 1 heterocycles. The minimum absolute atomic E-state index is 0.693. The number of fused-ring (bicyclic) bond motifs is 1. The van der Waals surface area contributed by atoms with Gasteiger partial charge in [0.05, 0.1) is 6.20 Å². The summed E-state index contributed by atoms with van der Waals surface area (Å²) in [4.78, 5) is 4.30. The summed E-state index contributed by atoms with van der Waals surface area (Å²) >= 11 is 0. The fourth-order valence-electron chi connectivity index (χ4n) is 2.12. The van der Waals surface area contributed by atoms with Crippen molar-refractivity contribution >= 4 is 10.8 Å². The van der Waals surface area contributed by atoms with E-state index in [1.165, 1.54) is 16.3 Å². The predicted molar refractivity (Wildman–Crippen MR) is 68.9 cm³/mol. The molecule has 0 aliphatic carbocycles. The summed E-state index contributed by atoms with van der Waals surface area (Å²) in [7, 11) is 0. The molecule has 0 spiro atoms. The maximum atomic E-state index is 5.61. The SMILES string of the molecule is Cc1cnc(-c2ccc(C)c3ccccc23)o1. The van der Waals surface area contributed by atoms with Gasteiger partial charge in [0.1, 0.15) is 5.76 Å². The largest absolute Gasteiger partial charge is 0.441 e. The molecule has 0 saturated heterocycles. The van der Waals surface area contributed by atoms with Crippen LogP contribution >= 0.6 is 0 Å². The van der Waals surface area contributed by atoms with E-state index in [0.29, 0.717) is 5.89 Å². The molecule has 0 fully saturated rings. The first-order chi connectivity index (χ1) is 8.25. The van der Waals surface area contributed by atoms with Gasteiger partial charge >= 0.3 is 0 Å².